The molecule has 1 rings (SSSR count). The molecule has 1 aromatic rings. The largest absolute Gasteiger partial charge is 0.389 e. The van der Waals surface area contributed by atoms with Crippen LogP contribution in [0.25, 0.3) is 0 Å². The van der Waals surface area contributed by atoms with Crippen LogP contribution in [-0.2, 0) is 4.79 Å². The zero-order valence-corrected chi connectivity index (χ0v) is 10.1. The molecule has 7 heteroatoms. The summed E-state index contributed by atoms with van der Waals surface area (Å²) in [6, 6.07) is 5.36. The molecule has 0 heterocycles. The van der Waals surface area contributed by atoms with Crippen LogP contribution in [0.5, 0.6) is 0 Å². The van der Waals surface area contributed by atoms with E-state index in [1.807, 2.05) is 0 Å². The summed E-state index contributed by atoms with van der Waals surface area (Å²) in [5.41, 5.74) is 0.307. The number of hydrogen-bond donors (Lipinski definition) is 2. The van der Waals surface area contributed by atoms with Gasteiger partial charge < -0.3 is 10.6 Å². The molecule has 0 aliphatic heterocycles. The Balaban J connectivity index is 2.18. The van der Waals surface area contributed by atoms with Gasteiger partial charge in [0.15, 0.2) is 0 Å². The second kappa shape index (κ2) is 7.08. The van der Waals surface area contributed by atoms with E-state index in [1.165, 1.54) is 18.2 Å². The average Bonchev–Trinajstić information content (AvgIpc) is 2.26. The highest BCUT2D eigenvalue weighted by molar-refractivity contribution is 5.92. The van der Waals surface area contributed by atoms with Gasteiger partial charge in [-0.2, -0.15) is 13.2 Å². The first-order chi connectivity index (χ1) is 8.87. The molecule has 0 bridgehead atoms. The van der Waals surface area contributed by atoms with E-state index >= 15 is 0 Å². The molecule has 19 heavy (non-hydrogen) atoms. The molecule has 0 aromatic heterocycles. The minimum absolute atomic E-state index is 0.0866. The molecule has 0 radical (unpaired) electrons. The molecule has 1 aromatic carbocycles. The fourth-order valence-electron chi connectivity index (χ4n) is 1.39. The maximum Gasteiger partial charge on any atom is 0.389 e. The maximum atomic E-state index is 12.8. The summed E-state index contributed by atoms with van der Waals surface area (Å²) in [5.74, 6) is -0.909. The van der Waals surface area contributed by atoms with Gasteiger partial charge in [0.05, 0.1) is 6.54 Å². The molecule has 2 N–H and O–H groups in total. The quantitative estimate of drug-likeness (QED) is 0.620. The fraction of sp³-hybridized carbons (Fsp3) is 0.417. The van der Waals surface area contributed by atoms with Crippen LogP contribution in [0.15, 0.2) is 24.3 Å². The van der Waals surface area contributed by atoms with E-state index < -0.39 is 24.3 Å². The highest BCUT2D eigenvalue weighted by atomic mass is 19.4. The van der Waals surface area contributed by atoms with E-state index in [4.69, 9.17) is 0 Å². The number of rotatable bonds is 6. The van der Waals surface area contributed by atoms with E-state index in [0.29, 0.717) is 5.69 Å². The fourth-order valence-corrected chi connectivity index (χ4v) is 1.39. The average molecular weight is 278 g/mol. The number of anilines is 1. The van der Waals surface area contributed by atoms with Gasteiger partial charge >= 0.3 is 6.18 Å². The summed E-state index contributed by atoms with van der Waals surface area (Å²) >= 11 is 0. The van der Waals surface area contributed by atoms with Gasteiger partial charge in [0.2, 0.25) is 5.91 Å². The number of carbonyl (C=O) groups is 1. The van der Waals surface area contributed by atoms with Crippen LogP contribution in [0.4, 0.5) is 23.2 Å². The summed E-state index contributed by atoms with van der Waals surface area (Å²) in [6.07, 6.45) is -5.15. The third-order valence-electron chi connectivity index (χ3n) is 2.21. The summed E-state index contributed by atoms with van der Waals surface area (Å²) < 4.78 is 48.3. The van der Waals surface area contributed by atoms with Gasteiger partial charge in [-0.15, -0.1) is 0 Å². The van der Waals surface area contributed by atoms with Crippen LogP contribution in [0.1, 0.15) is 12.8 Å². The second-order valence-corrected chi connectivity index (χ2v) is 3.95. The molecule has 0 saturated carbocycles. The number of halogens is 4. The van der Waals surface area contributed by atoms with E-state index in [1.54, 1.807) is 0 Å². The smallest absolute Gasteiger partial charge is 0.325 e. The van der Waals surface area contributed by atoms with Crippen molar-refractivity contribution in [3.63, 3.8) is 0 Å². The predicted octanol–water partition coefficient (Wildman–Crippen LogP) is 2.70. The molecule has 1 amide bonds. The van der Waals surface area contributed by atoms with Crippen molar-refractivity contribution in [2.45, 2.75) is 19.0 Å². The van der Waals surface area contributed by atoms with Crippen LogP contribution < -0.4 is 10.6 Å². The van der Waals surface area contributed by atoms with Gasteiger partial charge in [0.1, 0.15) is 5.82 Å². The molecule has 0 atom stereocenters. The highest BCUT2D eigenvalue weighted by Gasteiger charge is 2.25. The first-order valence-corrected chi connectivity index (χ1v) is 5.70. The van der Waals surface area contributed by atoms with Crippen molar-refractivity contribution >= 4 is 11.6 Å². The third-order valence-corrected chi connectivity index (χ3v) is 2.21. The molecular weight excluding hydrogens is 264 g/mol. The lowest BCUT2D eigenvalue weighted by atomic mass is 10.3. The van der Waals surface area contributed by atoms with Crippen LogP contribution in [0.2, 0.25) is 0 Å². The Bertz CT molecular complexity index is 420. The monoisotopic (exact) mass is 278 g/mol. The summed E-state index contributed by atoms with van der Waals surface area (Å²) in [6.45, 7) is -0.0234. The van der Waals surface area contributed by atoms with Gasteiger partial charge in [-0.3, -0.25) is 4.79 Å². The molecule has 0 unspecified atom stereocenters. The van der Waals surface area contributed by atoms with Gasteiger partial charge in [-0.25, -0.2) is 4.39 Å². The standard InChI is InChI=1S/C12H14F4N2O/c13-9-3-1-4-10(7-9)18-11(19)8-17-6-2-5-12(14,15)16/h1,3-4,7,17H,2,5-6,8H2,(H,18,19). The molecule has 3 nitrogen and oxygen atoms in total. The first kappa shape index (κ1) is 15.4. The second-order valence-electron chi connectivity index (χ2n) is 3.95. The van der Waals surface area contributed by atoms with Crippen LogP contribution >= 0.6 is 0 Å². The molecule has 0 spiro atoms. The Hall–Kier alpha value is -1.63. The molecule has 0 saturated heterocycles. The van der Waals surface area contributed by atoms with E-state index in [2.05, 4.69) is 10.6 Å². The van der Waals surface area contributed by atoms with Crippen LogP contribution in [0, 0.1) is 5.82 Å². The minimum atomic E-state index is -4.18. The summed E-state index contributed by atoms with van der Waals surface area (Å²) in [7, 11) is 0. The topological polar surface area (TPSA) is 41.1 Å². The minimum Gasteiger partial charge on any atom is -0.325 e. The number of benzene rings is 1. The molecule has 0 fully saturated rings. The van der Waals surface area contributed by atoms with Crippen molar-refractivity contribution in [2.75, 3.05) is 18.4 Å². The maximum absolute atomic E-state index is 12.8. The Labute approximate surface area is 108 Å². The lowest BCUT2D eigenvalue weighted by molar-refractivity contribution is -0.135. The van der Waals surface area contributed by atoms with Crippen molar-refractivity contribution in [2.24, 2.45) is 0 Å². The van der Waals surface area contributed by atoms with E-state index in [0.717, 1.165) is 6.07 Å². The van der Waals surface area contributed by atoms with E-state index in [9.17, 15) is 22.4 Å². The third kappa shape index (κ3) is 7.40. The van der Waals surface area contributed by atoms with Crippen LogP contribution in [0.3, 0.4) is 0 Å². The molecule has 0 aliphatic rings. The summed E-state index contributed by atoms with van der Waals surface area (Å²) in [4.78, 5) is 11.4. The number of nitrogens with one attached hydrogen (secondary N) is 2. The molecule has 0 aliphatic carbocycles. The van der Waals surface area contributed by atoms with Crippen molar-refractivity contribution in [1.29, 1.82) is 0 Å². The Morgan fingerprint density at radius 3 is 2.63 bits per heavy atom. The number of alkyl halides is 3. The Morgan fingerprint density at radius 1 is 1.26 bits per heavy atom. The van der Waals surface area contributed by atoms with Gasteiger partial charge in [0.25, 0.3) is 0 Å². The van der Waals surface area contributed by atoms with Crippen molar-refractivity contribution < 1.29 is 22.4 Å². The zero-order valence-electron chi connectivity index (χ0n) is 10.1. The van der Waals surface area contributed by atoms with Crippen molar-refractivity contribution in [1.82, 2.24) is 5.32 Å². The van der Waals surface area contributed by atoms with Crippen molar-refractivity contribution in [3.8, 4) is 0 Å². The van der Waals surface area contributed by atoms with Gasteiger partial charge in [-0.05, 0) is 31.2 Å². The van der Waals surface area contributed by atoms with Gasteiger partial charge in [-0.1, -0.05) is 6.07 Å². The van der Waals surface area contributed by atoms with Crippen molar-refractivity contribution in [3.05, 3.63) is 30.1 Å². The predicted molar refractivity (Wildman–Crippen MR) is 63.2 cm³/mol. The number of hydrogen-bond acceptors (Lipinski definition) is 2. The molecular formula is C12H14F4N2O. The normalized spacial score (nSPS) is 11.4. The number of amides is 1. The zero-order chi connectivity index (χ0) is 14.3. The van der Waals surface area contributed by atoms with Crippen LogP contribution in [-0.4, -0.2) is 25.2 Å². The Kier molecular flexibility index (Phi) is 5.75. The van der Waals surface area contributed by atoms with Gasteiger partial charge in [0, 0.05) is 12.1 Å². The Morgan fingerprint density at radius 2 is 2.00 bits per heavy atom. The highest BCUT2D eigenvalue weighted by Crippen LogP contribution is 2.20. The molecule has 106 valence electrons. The lowest BCUT2D eigenvalue weighted by Crippen LogP contribution is -2.29. The number of carbonyl (C=O) groups excluding carboxylic acids is 1. The first-order valence-electron chi connectivity index (χ1n) is 5.70. The van der Waals surface area contributed by atoms with E-state index in [-0.39, 0.29) is 19.5 Å². The lowest BCUT2D eigenvalue weighted by Gasteiger charge is -2.08. The SMILES string of the molecule is O=C(CNCCCC(F)(F)F)Nc1cccc(F)c1. The summed E-state index contributed by atoms with van der Waals surface area (Å²) in [5, 5.41) is 5.01.